The average Bonchev–Trinajstić information content (AvgIpc) is 2.50. The summed E-state index contributed by atoms with van der Waals surface area (Å²) in [6, 6.07) is 8.94. The zero-order valence-electron chi connectivity index (χ0n) is 17.2. The van der Waals surface area contributed by atoms with Crippen LogP contribution < -0.4 is 0 Å². The molecular formula is C24H36O. The first-order valence-corrected chi connectivity index (χ1v) is 9.61. The predicted octanol–water partition coefficient (Wildman–Crippen LogP) is 7.35. The van der Waals surface area contributed by atoms with Gasteiger partial charge in [0.25, 0.3) is 0 Å². The van der Waals surface area contributed by atoms with Crippen molar-refractivity contribution in [1.29, 1.82) is 0 Å². The second kappa shape index (κ2) is 7.64. The van der Waals surface area contributed by atoms with Gasteiger partial charge in [-0.2, -0.15) is 0 Å². The Bertz CT molecular complexity index is 696. The largest absolute Gasteiger partial charge is 0.508 e. The van der Waals surface area contributed by atoms with Gasteiger partial charge in [0.15, 0.2) is 0 Å². The van der Waals surface area contributed by atoms with E-state index in [-0.39, 0.29) is 1.43 Å². The van der Waals surface area contributed by atoms with E-state index >= 15 is 0 Å². The first kappa shape index (κ1) is 19.6. The molecule has 1 atom stereocenters. The van der Waals surface area contributed by atoms with Crippen LogP contribution in [0.15, 0.2) is 24.3 Å². The third-order valence-corrected chi connectivity index (χ3v) is 5.47. The first-order valence-electron chi connectivity index (χ1n) is 9.61. The molecule has 0 aromatic heterocycles. The summed E-state index contributed by atoms with van der Waals surface area (Å²) in [6.07, 6.45) is 1.06. The maximum Gasteiger partial charge on any atom is 0.119 e. The molecule has 0 aliphatic heterocycles. The summed E-state index contributed by atoms with van der Waals surface area (Å²) >= 11 is 0. The lowest BCUT2D eigenvalue weighted by Crippen LogP contribution is -2.08. The van der Waals surface area contributed by atoms with E-state index in [2.05, 4.69) is 73.6 Å². The van der Waals surface area contributed by atoms with E-state index < -0.39 is 0 Å². The van der Waals surface area contributed by atoms with Gasteiger partial charge < -0.3 is 5.11 Å². The number of aromatic hydroxyl groups is 1. The number of hydrogen-bond acceptors (Lipinski definition) is 1. The van der Waals surface area contributed by atoms with Crippen molar-refractivity contribution in [2.75, 3.05) is 0 Å². The van der Waals surface area contributed by atoms with E-state index in [1.165, 1.54) is 33.4 Å². The van der Waals surface area contributed by atoms with Crippen LogP contribution in [0.1, 0.15) is 99.2 Å². The van der Waals surface area contributed by atoms with E-state index in [0.29, 0.717) is 23.5 Å². The average molecular weight is 341 g/mol. The highest BCUT2D eigenvalue weighted by atomic mass is 16.3. The van der Waals surface area contributed by atoms with E-state index in [1.807, 2.05) is 6.07 Å². The molecule has 2 aromatic rings. The van der Waals surface area contributed by atoms with Crippen molar-refractivity contribution in [2.45, 2.75) is 79.6 Å². The minimum absolute atomic E-state index is 0. The fourth-order valence-corrected chi connectivity index (χ4v) is 4.06. The van der Waals surface area contributed by atoms with Crippen molar-refractivity contribution < 1.29 is 6.53 Å². The standard InChI is InChI=1S/C24H34O.H2/c1-9-19(22-12-20(14(2)3)16(6)10-17(22)7)23-13-21(15(4)5)24(25)11-18(23)8;/h10-15,19,25H,9H2,1-8H3;1H. The summed E-state index contributed by atoms with van der Waals surface area (Å²) in [5.41, 5.74) is 9.21. The Morgan fingerprint density at radius 1 is 0.720 bits per heavy atom. The van der Waals surface area contributed by atoms with Crippen molar-refractivity contribution in [2.24, 2.45) is 0 Å². The lowest BCUT2D eigenvalue weighted by atomic mass is 9.80. The molecule has 1 N–H and O–H groups in total. The van der Waals surface area contributed by atoms with Crippen LogP contribution in [0.2, 0.25) is 0 Å². The van der Waals surface area contributed by atoms with E-state index in [9.17, 15) is 5.11 Å². The third kappa shape index (κ3) is 3.92. The molecule has 1 unspecified atom stereocenters. The number of benzene rings is 2. The molecule has 2 aromatic carbocycles. The quantitative estimate of drug-likeness (QED) is 0.603. The molecule has 0 bridgehead atoms. The van der Waals surface area contributed by atoms with Crippen molar-refractivity contribution in [1.82, 2.24) is 0 Å². The highest BCUT2D eigenvalue weighted by Gasteiger charge is 2.21. The van der Waals surface area contributed by atoms with Crippen LogP contribution in [0.3, 0.4) is 0 Å². The predicted molar refractivity (Wildman–Crippen MR) is 111 cm³/mol. The van der Waals surface area contributed by atoms with E-state index in [1.54, 1.807) is 0 Å². The summed E-state index contributed by atoms with van der Waals surface area (Å²) in [4.78, 5) is 0. The Kier molecular flexibility index (Phi) is 5.98. The lowest BCUT2D eigenvalue weighted by Gasteiger charge is -2.25. The number of phenolic OH excluding ortho intramolecular Hbond substituents is 1. The van der Waals surface area contributed by atoms with Crippen LogP contribution >= 0.6 is 0 Å². The van der Waals surface area contributed by atoms with Gasteiger partial charge in [-0.15, -0.1) is 0 Å². The lowest BCUT2D eigenvalue weighted by molar-refractivity contribution is 0.463. The van der Waals surface area contributed by atoms with Crippen LogP contribution in [0.25, 0.3) is 0 Å². The van der Waals surface area contributed by atoms with Crippen LogP contribution in [-0.2, 0) is 0 Å². The number of phenols is 1. The van der Waals surface area contributed by atoms with Crippen molar-refractivity contribution in [3.05, 3.63) is 63.2 Å². The molecule has 25 heavy (non-hydrogen) atoms. The van der Waals surface area contributed by atoms with Crippen LogP contribution in [0.4, 0.5) is 0 Å². The molecule has 2 rings (SSSR count). The van der Waals surface area contributed by atoms with Crippen LogP contribution in [0, 0.1) is 20.8 Å². The molecule has 1 heteroatoms. The van der Waals surface area contributed by atoms with Gasteiger partial charge in [0.05, 0.1) is 0 Å². The van der Waals surface area contributed by atoms with Crippen molar-refractivity contribution >= 4 is 0 Å². The molecule has 0 fully saturated rings. The number of hydrogen-bond donors (Lipinski definition) is 1. The number of aryl methyl sites for hydroxylation is 3. The van der Waals surface area contributed by atoms with Crippen molar-refractivity contribution in [3.63, 3.8) is 0 Å². The van der Waals surface area contributed by atoms with E-state index in [0.717, 1.165) is 12.0 Å². The Morgan fingerprint density at radius 3 is 1.64 bits per heavy atom. The van der Waals surface area contributed by atoms with Crippen LogP contribution in [0.5, 0.6) is 5.75 Å². The molecule has 0 amide bonds. The third-order valence-electron chi connectivity index (χ3n) is 5.47. The molecule has 138 valence electrons. The molecule has 0 radical (unpaired) electrons. The second-order valence-electron chi connectivity index (χ2n) is 8.10. The molecular weight excluding hydrogens is 304 g/mol. The molecule has 1 nitrogen and oxygen atoms in total. The first-order chi connectivity index (χ1) is 11.7. The van der Waals surface area contributed by atoms with Gasteiger partial charge in [0.2, 0.25) is 0 Å². The summed E-state index contributed by atoms with van der Waals surface area (Å²) < 4.78 is 0. The maximum atomic E-state index is 10.3. The van der Waals surface area contributed by atoms with Gasteiger partial charge in [-0.1, -0.05) is 52.8 Å². The molecule has 0 aliphatic rings. The highest BCUT2D eigenvalue weighted by molar-refractivity contribution is 5.50. The monoisotopic (exact) mass is 340 g/mol. The zero-order valence-corrected chi connectivity index (χ0v) is 17.2. The van der Waals surface area contributed by atoms with E-state index in [4.69, 9.17) is 0 Å². The van der Waals surface area contributed by atoms with Gasteiger partial charge in [0, 0.05) is 7.34 Å². The maximum absolute atomic E-state index is 10.3. The smallest absolute Gasteiger partial charge is 0.119 e. The summed E-state index contributed by atoms with van der Waals surface area (Å²) in [7, 11) is 0. The van der Waals surface area contributed by atoms with Crippen molar-refractivity contribution in [3.8, 4) is 5.75 Å². The van der Waals surface area contributed by atoms with Gasteiger partial charge >= 0.3 is 0 Å². The molecule has 0 saturated carbocycles. The Morgan fingerprint density at radius 2 is 1.16 bits per heavy atom. The molecule has 0 heterocycles. The summed E-state index contributed by atoms with van der Waals surface area (Å²) in [5.74, 6) is 1.65. The molecule has 0 spiro atoms. The van der Waals surface area contributed by atoms with Gasteiger partial charge in [0.1, 0.15) is 5.75 Å². The van der Waals surface area contributed by atoms with Gasteiger partial charge in [-0.3, -0.25) is 0 Å². The fraction of sp³-hybridized carbons (Fsp3) is 0.500. The Hall–Kier alpha value is -1.76. The summed E-state index contributed by atoms with van der Waals surface area (Å²) in [5, 5.41) is 10.3. The molecule has 0 saturated heterocycles. The molecule has 0 aliphatic carbocycles. The summed E-state index contributed by atoms with van der Waals surface area (Å²) in [6.45, 7) is 17.7. The fourth-order valence-electron chi connectivity index (χ4n) is 4.06. The normalized spacial score (nSPS) is 12.9. The highest BCUT2D eigenvalue weighted by Crippen LogP contribution is 2.38. The van der Waals surface area contributed by atoms with Crippen LogP contribution in [-0.4, -0.2) is 5.11 Å². The minimum Gasteiger partial charge on any atom is -0.508 e. The SMILES string of the molecule is CCC(c1cc(C(C)C)c(C)cc1C)c1cc(C(C)C)c(O)cc1C.[HH]. The van der Waals surface area contributed by atoms with Gasteiger partial charge in [-0.25, -0.2) is 0 Å². The topological polar surface area (TPSA) is 20.2 Å². The Labute approximate surface area is 155 Å². The second-order valence-corrected chi connectivity index (χ2v) is 8.10. The Balaban J connectivity index is 0.00000338. The van der Waals surface area contributed by atoms with Gasteiger partial charge in [-0.05, 0) is 84.0 Å². The minimum atomic E-state index is 0. The zero-order chi connectivity index (χ0) is 18.9. The number of rotatable bonds is 5.